The van der Waals surface area contributed by atoms with E-state index < -0.39 is 10.0 Å². The number of hydrogen-bond donors (Lipinski definition) is 0. The molecule has 0 nitrogen and oxygen atoms in total. The van der Waals surface area contributed by atoms with Crippen LogP contribution in [0.4, 0.5) is 0 Å². The average Bonchev–Trinajstić information content (AvgIpc) is 2.26. The molecule has 0 spiro atoms. The van der Waals surface area contributed by atoms with Crippen molar-refractivity contribution in [3.63, 3.8) is 0 Å². The summed E-state index contributed by atoms with van der Waals surface area (Å²) in [6, 6.07) is 0. The van der Waals surface area contributed by atoms with Crippen LogP contribution < -0.4 is 0 Å². The Morgan fingerprint density at radius 1 is 1.42 bits per heavy atom. The molecular formula is C11H16S. The van der Waals surface area contributed by atoms with Crippen LogP contribution in [0.5, 0.6) is 0 Å². The van der Waals surface area contributed by atoms with Crippen molar-refractivity contribution in [1.29, 1.82) is 0 Å². The van der Waals surface area contributed by atoms with Gasteiger partial charge >= 0.3 is 0 Å². The molecule has 0 amide bonds. The Bertz CT molecular complexity index is 277. The van der Waals surface area contributed by atoms with Gasteiger partial charge < -0.3 is 0 Å². The van der Waals surface area contributed by atoms with Crippen molar-refractivity contribution in [2.45, 2.75) is 6.92 Å². The number of rotatable bonds is 2. The summed E-state index contributed by atoms with van der Waals surface area (Å²) in [6.45, 7) is 5.88. The fraction of sp³-hybridized carbons (Fsp3) is 0.273. The fourth-order valence-electron chi connectivity index (χ4n) is 1.11. The molecule has 0 N–H and O–H groups in total. The molecule has 0 aromatic heterocycles. The molecule has 0 fully saturated rings. The maximum atomic E-state index is 3.66. The maximum Gasteiger partial charge on any atom is -0.0172 e. The van der Waals surface area contributed by atoms with Crippen molar-refractivity contribution in [3.8, 4) is 0 Å². The molecule has 0 atom stereocenters. The molecule has 66 valence electrons. The molecule has 0 aliphatic carbocycles. The van der Waals surface area contributed by atoms with Gasteiger partial charge in [0, 0.05) is 0 Å². The Morgan fingerprint density at radius 2 is 2.08 bits per heavy atom. The van der Waals surface area contributed by atoms with Crippen molar-refractivity contribution in [1.82, 2.24) is 0 Å². The van der Waals surface area contributed by atoms with Gasteiger partial charge in [-0.15, -0.1) is 0 Å². The van der Waals surface area contributed by atoms with Gasteiger partial charge in [-0.25, -0.2) is 10.0 Å². The van der Waals surface area contributed by atoms with Crippen LogP contribution in [0.15, 0.2) is 46.8 Å². The lowest BCUT2D eigenvalue weighted by Crippen LogP contribution is -1.88. The standard InChI is InChI=1S/C11H16S/c1-5-6-7-11-8-9-12(3,4)10(11)2/h5-9H,1H2,2-4H3/b7-6-. The second-order valence-electron chi connectivity index (χ2n) is 3.31. The van der Waals surface area contributed by atoms with E-state index in [0.29, 0.717) is 0 Å². The van der Waals surface area contributed by atoms with Gasteiger partial charge in [0.05, 0.1) is 0 Å². The zero-order valence-electron chi connectivity index (χ0n) is 8.00. The highest BCUT2D eigenvalue weighted by molar-refractivity contribution is 8.38. The average molecular weight is 180 g/mol. The minimum atomic E-state index is -0.591. The molecule has 1 heterocycles. The van der Waals surface area contributed by atoms with Crippen molar-refractivity contribution in [2.75, 3.05) is 12.5 Å². The van der Waals surface area contributed by atoms with Crippen LogP contribution in [0.3, 0.4) is 0 Å². The molecule has 1 aliphatic heterocycles. The summed E-state index contributed by atoms with van der Waals surface area (Å²) in [4.78, 5) is 1.51. The molecule has 1 aliphatic rings. The van der Waals surface area contributed by atoms with Gasteiger partial charge in [0.1, 0.15) is 0 Å². The van der Waals surface area contributed by atoms with Crippen LogP contribution in [-0.4, -0.2) is 12.5 Å². The monoisotopic (exact) mass is 180 g/mol. The van der Waals surface area contributed by atoms with E-state index >= 15 is 0 Å². The van der Waals surface area contributed by atoms with Crippen molar-refractivity contribution in [3.05, 3.63) is 46.8 Å². The molecule has 0 aromatic carbocycles. The summed E-state index contributed by atoms with van der Waals surface area (Å²) >= 11 is 0. The minimum Gasteiger partial charge on any atom is -0.204 e. The molecule has 0 saturated heterocycles. The highest BCUT2D eigenvalue weighted by Crippen LogP contribution is 2.55. The van der Waals surface area contributed by atoms with E-state index in [9.17, 15) is 0 Å². The van der Waals surface area contributed by atoms with Crippen LogP contribution in [0.1, 0.15) is 6.92 Å². The van der Waals surface area contributed by atoms with Gasteiger partial charge in [0.25, 0.3) is 0 Å². The normalized spacial score (nSPS) is 23.6. The van der Waals surface area contributed by atoms with E-state index in [1.54, 1.807) is 0 Å². The van der Waals surface area contributed by atoms with Gasteiger partial charge in [-0.05, 0) is 41.4 Å². The lowest BCUT2D eigenvalue weighted by atomic mass is 10.2. The van der Waals surface area contributed by atoms with Crippen LogP contribution >= 0.6 is 10.0 Å². The van der Waals surface area contributed by atoms with Crippen LogP contribution in [-0.2, 0) is 0 Å². The molecule has 0 saturated carbocycles. The minimum absolute atomic E-state index is 0.591. The van der Waals surface area contributed by atoms with Gasteiger partial charge in [0.2, 0.25) is 0 Å². The van der Waals surface area contributed by atoms with Crippen molar-refractivity contribution >= 4 is 10.0 Å². The fourth-order valence-corrected chi connectivity index (χ4v) is 2.55. The molecule has 12 heavy (non-hydrogen) atoms. The van der Waals surface area contributed by atoms with Crippen LogP contribution in [0, 0.1) is 0 Å². The summed E-state index contributed by atoms with van der Waals surface area (Å²) in [7, 11) is -0.591. The molecular weight excluding hydrogens is 164 g/mol. The van der Waals surface area contributed by atoms with E-state index in [1.165, 1.54) is 10.5 Å². The van der Waals surface area contributed by atoms with E-state index in [0.717, 1.165) is 0 Å². The first-order valence-electron chi connectivity index (χ1n) is 3.99. The van der Waals surface area contributed by atoms with E-state index in [2.05, 4.69) is 43.6 Å². The topological polar surface area (TPSA) is 0 Å². The first-order chi connectivity index (χ1) is 5.58. The molecule has 0 bridgehead atoms. The predicted octanol–water partition coefficient (Wildman–Crippen LogP) is 3.59. The lowest BCUT2D eigenvalue weighted by molar-refractivity contribution is 1.57. The van der Waals surface area contributed by atoms with Crippen molar-refractivity contribution < 1.29 is 0 Å². The third kappa shape index (κ3) is 1.72. The maximum absolute atomic E-state index is 3.66. The molecule has 1 rings (SSSR count). The zero-order chi connectivity index (χ0) is 9.19. The SMILES string of the molecule is C=C/C=C\C1=C(C)S(C)(C)C=C1. The van der Waals surface area contributed by atoms with E-state index in [-0.39, 0.29) is 0 Å². The third-order valence-electron chi connectivity index (χ3n) is 2.20. The van der Waals surface area contributed by atoms with Gasteiger partial charge in [-0.3, -0.25) is 0 Å². The Balaban J connectivity index is 2.93. The lowest BCUT2D eigenvalue weighted by Gasteiger charge is -2.24. The highest BCUT2D eigenvalue weighted by Gasteiger charge is 2.17. The Labute approximate surface area is 76.7 Å². The van der Waals surface area contributed by atoms with E-state index in [4.69, 9.17) is 0 Å². The Hall–Kier alpha value is -0.690. The quantitative estimate of drug-likeness (QED) is 0.570. The summed E-state index contributed by atoms with van der Waals surface area (Å²) in [6.07, 6.45) is 12.8. The second-order valence-corrected chi connectivity index (χ2v) is 7.01. The van der Waals surface area contributed by atoms with Crippen molar-refractivity contribution in [2.24, 2.45) is 0 Å². The smallest absolute Gasteiger partial charge is 0.0172 e. The number of allylic oxidation sites excluding steroid dienone is 6. The number of hydrogen-bond acceptors (Lipinski definition) is 0. The summed E-state index contributed by atoms with van der Waals surface area (Å²) in [5.41, 5.74) is 1.36. The van der Waals surface area contributed by atoms with Gasteiger partial charge in [-0.2, -0.15) is 0 Å². The van der Waals surface area contributed by atoms with E-state index in [1.807, 2.05) is 12.2 Å². The predicted molar refractivity (Wildman–Crippen MR) is 60.6 cm³/mol. The second kappa shape index (κ2) is 3.36. The Kier molecular flexibility index (Phi) is 2.63. The molecule has 0 unspecified atom stereocenters. The van der Waals surface area contributed by atoms with Crippen LogP contribution in [0.2, 0.25) is 0 Å². The highest BCUT2D eigenvalue weighted by atomic mass is 32.3. The molecule has 1 heteroatoms. The summed E-state index contributed by atoms with van der Waals surface area (Å²) in [5.74, 6) is 0. The Morgan fingerprint density at radius 3 is 2.50 bits per heavy atom. The molecule has 0 aromatic rings. The summed E-state index contributed by atoms with van der Waals surface area (Å²) < 4.78 is 0. The van der Waals surface area contributed by atoms with Gasteiger partial charge in [0.15, 0.2) is 0 Å². The van der Waals surface area contributed by atoms with Crippen LogP contribution in [0.25, 0.3) is 0 Å². The first-order valence-corrected chi connectivity index (χ1v) is 6.50. The first kappa shape index (κ1) is 9.40. The van der Waals surface area contributed by atoms with Gasteiger partial charge in [-0.1, -0.05) is 24.8 Å². The molecule has 0 radical (unpaired) electrons. The zero-order valence-corrected chi connectivity index (χ0v) is 8.82. The third-order valence-corrected chi connectivity index (χ3v) is 4.83. The summed E-state index contributed by atoms with van der Waals surface area (Å²) in [5, 5.41) is 2.32. The largest absolute Gasteiger partial charge is 0.204 e.